The molecule has 0 radical (unpaired) electrons. The van der Waals surface area contributed by atoms with Gasteiger partial charge < -0.3 is 14.6 Å². The minimum Gasteiger partial charge on any atom is -0.493 e. The molecule has 0 saturated carbocycles. The lowest BCUT2D eigenvalue weighted by Crippen LogP contribution is -2.03. The van der Waals surface area contributed by atoms with Gasteiger partial charge in [-0.05, 0) is 43.0 Å². The lowest BCUT2D eigenvalue weighted by molar-refractivity contribution is -0.136. The fraction of sp³-hybridized carbons (Fsp3) is 0.462. The summed E-state index contributed by atoms with van der Waals surface area (Å²) in [5.41, 5.74) is 3.04. The molecule has 0 aromatic heterocycles. The summed E-state index contributed by atoms with van der Waals surface area (Å²) < 4.78 is 10.5. The van der Waals surface area contributed by atoms with Gasteiger partial charge in [-0.2, -0.15) is 0 Å². The smallest absolute Gasteiger partial charge is 0.303 e. The Labute approximate surface area is 101 Å². The molecule has 0 heterocycles. The third kappa shape index (κ3) is 2.90. The standard InChI is InChI=1S/C13H18O4/c1-8-9(2)13(17-4)11(16-3)7-10(8)5-6-12(14)15/h7H,5-6H2,1-4H3,(H,14,15). The molecule has 0 aliphatic heterocycles. The Balaban J connectivity index is 3.15. The molecule has 4 heteroatoms. The second kappa shape index (κ2) is 5.57. The molecule has 1 N–H and O–H groups in total. The Morgan fingerprint density at radius 1 is 1.24 bits per heavy atom. The molecule has 1 aromatic carbocycles. The maximum absolute atomic E-state index is 10.6. The monoisotopic (exact) mass is 238 g/mol. The SMILES string of the molecule is COc1cc(CCC(=O)O)c(C)c(C)c1OC. The fourth-order valence-electron chi connectivity index (χ4n) is 1.83. The van der Waals surface area contributed by atoms with E-state index in [9.17, 15) is 4.79 Å². The zero-order valence-corrected chi connectivity index (χ0v) is 10.7. The van der Waals surface area contributed by atoms with Crippen molar-refractivity contribution >= 4 is 5.97 Å². The molecule has 0 amide bonds. The molecule has 0 saturated heterocycles. The minimum absolute atomic E-state index is 0.121. The van der Waals surface area contributed by atoms with E-state index in [1.807, 2.05) is 19.9 Å². The van der Waals surface area contributed by atoms with Gasteiger partial charge in [-0.25, -0.2) is 0 Å². The predicted octanol–water partition coefficient (Wildman–Crippen LogP) is 2.34. The van der Waals surface area contributed by atoms with Crippen LogP contribution < -0.4 is 9.47 Å². The molecule has 17 heavy (non-hydrogen) atoms. The fourth-order valence-corrected chi connectivity index (χ4v) is 1.83. The summed E-state index contributed by atoms with van der Waals surface area (Å²) in [5, 5.41) is 8.71. The van der Waals surface area contributed by atoms with Gasteiger partial charge in [0.1, 0.15) is 0 Å². The van der Waals surface area contributed by atoms with E-state index in [1.165, 1.54) is 0 Å². The van der Waals surface area contributed by atoms with Gasteiger partial charge >= 0.3 is 5.97 Å². The third-order valence-electron chi connectivity index (χ3n) is 2.95. The Morgan fingerprint density at radius 2 is 1.88 bits per heavy atom. The first-order valence-corrected chi connectivity index (χ1v) is 5.44. The van der Waals surface area contributed by atoms with Crippen LogP contribution in [0.3, 0.4) is 0 Å². The van der Waals surface area contributed by atoms with Gasteiger partial charge in [0.15, 0.2) is 11.5 Å². The quantitative estimate of drug-likeness (QED) is 0.855. The van der Waals surface area contributed by atoms with Gasteiger partial charge in [0.05, 0.1) is 14.2 Å². The van der Waals surface area contributed by atoms with Crippen LogP contribution in [0.25, 0.3) is 0 Å². The first-order valence-electron chi connectivity index (χ1n) is 5.44. The van der Waals surface area contributed by atoms with Crippen LogP contribution in [-0.2, 0) is 11.2 Å². The van der Waals surface area contributed by atoms with Gasteiger partial charge in [-0.3, -0.25) is 4.79 Å². The molecular weight excluding hydrogens is 220 g/mol. The van der Waals surface area contributed by atoms with Crippen molar-refractivity contribution in [3.05, 3.63) is 22.8 Å². The number of carbonyl (C=O) groups is 1. The molecular formula is C13H18O4. The number of carboxylic acid groups (broad SMARTS) is 1. The van der Waals surface area contributed by atoms with E-state index in [-0.39, 0.29) is 6.42 Å². The average molecular weight is 238 g/mol. The number of rotatable bonds is 5. The topological polar surface area (TPSA) is 55.8 Å². The molecule has 0 atom stereocenters. The van der Waals surface area contributed by atoms with Crippen LogP contribution in [0, 0.1) is 13.8 Å². The summed E-state index contributed by atoms with van der Waals surface area (Å²) in [5.74, 6) is 0.567. The van der Waals surface area contributed by atoms with E-state index >= 15 is 0 Å². The lowest BCUT2D eigenvalue weighted by atomic mass is 9.98. The van der Waals surface area contributed by atoms with E-state index in [0.29, 0.717) is 17.9 Å². The van der Waals surface area contributed by atoms with Crippen molar-refractivity contribution in [2.45, 2.75) is 26.7 Å². The third-order valence-corrected chi connectivity index (χ3v) is 2.95. The van der Waals surface area contributed by atoms with Gasteiger partial charge in [0.25, 0.3) is 0 Å². The number of carboxylic acids is 1. The molecule has 94 valence electrons. The summed E-state index contributed by atoms with van der Waals surface area (Å²) >= 11 is 0. The predicted molar refractivity (Wildman–Crippen MR) is 65.0 cm³/mol. The van der Waals surface area contributed by atoms with E-state index in [4.69, 9.17) is 14.6 Å². The highest BCUT2D eigenvalue weighted by Crippen LogP contribution is 2.35. The molecule has 0 fully saturated rings. The van der Waals surface area contributed by atoms with Crippen molar-refractivity contribution in [2.24, 2.45) is 0 Å². The van der Waals surface area contributed by atoms with E-state index in [0.717, 1.165) is 16.7 Å². The van der Waals surface area contributed by atoms with Gasteiger partial charge in [0.2, 0.25) is 0 Å². The minimum atomic E-state index is -0.795. The van der Waals surface area contributed by atoms with Crippen molar-refractivity contribution in [3.63, 3.8) is 0 Å². The second-order valence-corrected chi connectivity index (χ2v) is 3.91. The van der Waals surface area contributed by atoms with Gasteiger partial charge in [-0.15, -0.1) is 0 Å². The van der Waals surface area contributed by atoms with E-state index in [1.54, 1.807) is 14.2 Å². The van der Waals surface area contributed by atoms with Crippen molar-refractivity contribution in [2.75, 3.05) is 14.2 Å². The second-order valence-electron chi connectivity index (χ2n) is 3.91. The molecule has 1 rings (SSSR count). The zero-order valence-electron chi connectivity index (χ0n) is 10.7. The Kier molecular flexibility index (Phi) is 4.37. The lowest BCUT2D eigenvalue weighted by Gasteiger charge is -2.16. The highest BCUT2D eigenvalue weighted by Gasteiger charge is 2.14. The number of aliphatic carboxylic acids is 1. The molecule has 0 aliphatic rings. The largest absolute Gasteiger partial charge is 0.493 e. The van der Waals surface area contributed by atoms with Crippen LogP contribution in [0.5, 0.6) is 11.5 Å². The van der Waals surface area contributed by atoms with Crippen molar-refractivity contribution in [1.82, 2.24) is 0 Å². The summed E-state index contributed by atoms with van der Waals surface area (Å²) in [6.07, 6.45) is 0.623. The molecule has 1 aromatic rings. The van der Waals surface area contributed by atoms with Crippen LogP contribution in [0.2, 0.25) is 0 Å². The molecule has 0 bridgehead atoms. The Morgan fingerprint density at radius 3 is 2.35 bits per heavy atom. The van der Waals surface area contributed by atoms with Gasteiger partial charge in [0, 0.05) is 6.42 Å². The highest BCUT2D eigenvalue weighted by atomic mass is 16.5. The number of hydrogen-bond acceptors (Lipinski definition) is 3. The molecule has 0 spiro atoms. The number of methoxy groups -OCH3 is 2. The number of aryl methyl sites for hydroxylation is 1. The summed E-state index contributed by atoms with van der Waals surface area (Å²) in [4.78, 5) is 10.6. The van der Waals surface area contributed by atoms with Crippen molar-refractivity contribution in [1.29, 1.82) is 0 Å². The Hall–Kier alpha value is -1.71. The van der Waals surface area contributed by atoms with Crippen LogP contribution in [0.15, 0.2) is 6.07 Å². The zero-order chi connectivity index (χ0) is 13.0. The Bertz CT molecular complexity index is 424. The summed E-state index contributed by atoms with van der Waals surface area (Å²) in [6.45, 7) is 3.91. The van der Waals surface area contributed by atoms with E-state index < -0.39 is 5.97 Å². The maximum atomic E-state index is 10.6. The number of benzene rings is 1. The first kappa shape index (κ1) is 13.4. The highest BCUT2D eigenvalue weighted by molar-refractivity contribution is 5.67. The van der Waals surface area contributed by atoms with Gasteiger partial charge in [-0.1, -0.05) is 0 Å². The average Bonchev–Trinajstić information content (AvgIpc) is 2.30. The number of hydrogen-bond donors (Lipinski definition) is 1. The molecule has 0 aliphatic carbocycles. The van der Waals surface area contributed by atoms with E-state index in [2.05, 4.69) is 0 Å². The van der Waals surface area contributed by atoms with Crippen LogP contribution in [0.1, 0.15) is 23.1 Å². The maximum Gasteiger partial charge on any atom is 0.303 e. The summed E-state index contributed by atoms with van der Waals surface area (Å²) in [7, 11) is 3.18. The van der Waals surface area contributed by atoms with Crippen molar-refractivity contribution in [3.8, 4) is 11.5 Å². The summed E-state index contributed by atoms with van der Waals surface area (Å²) in [6, 6.07) is 1.85. The first-order chi connectivity index (χ1) is 8.01. The number of ether oxygens (including phenoxy) is 2. The molecule has 4 nitrogen and oxygen atoms in total. The van der Waals surface area contributed by atoms with Crippen LogP contribution in [-0.4, -0.2) is 25.3 Å². The van der Waals surface area contributed by atoms with Crippen molar-refractivity contribution < 1.29 is 19.4 Å². The van der Waals surface area contributed by atoms with Crippen LogP contribution >= 0.6 is 0 Å². The molecule has 0 unspecified atom stereocenters. The normalized spacial score (nSPS) is 10.1. The van der Waals surface area contributed by atoms with Crippen LogP contribution in [0.4, 0.5) is 0 Å².